The van der Waals surface area contributed by atoms with Gasteiger partial charge in [-0.15, -0.1) is 0 Å². The van der Waals surface area contributed by atoms with Crippen LogP contribution < -0.4 is 17.4 Å². The smallest absolute Gasteiger partial charge is 0.457 e. The number of carbonyl (C=O) groups excluding carboxylic acids is 1. The number of rotatable bonds is 11. The summed E-state index contributed by atoms with van der Waals surface area (Å²) in [4.78, 5) is 33.4. The van der Waals surface area contributed by atoms with E-state index >= 15 is 0 Å². The quantitative estimate of drug-likeness (QED) is 0.329. The molecular formula is C16H21NO10. The molecule has 150 valence electrons. The molecule has 0 unspecified atom stereocenters. The number of ether oxygens (including phenoxy) is 3. The van der Waals surface area contributed by atoms with Gasteiger partial charge in [-0.05, 0) is 20.3 Å². The summed E-state index contributed by atoms with van der Waals surface area (Å²) in [6.45, 7) is 3.07. The molecular weight excluding hydrogens is 366 g/mol. The second-order valence-electron chi connectivity index (χ2n) is 5.66. The van der Waals surface area contributed by atoms with Gasteiger partial charge in [0.25, 0.3) is 0 Å². The molecule has 11 nitrogen and oxygen atoms in total. The van der Waals surface area contributed by atoms with Crippen LogP contribution >= 0.6 is 0 Å². The normalized spacial score (nSPS) is 12.3. The fourth-order valence-electron chi connectivity index (χ4n) is 2.01. The van der Waals surface area contributed by atoms with E-state index in [2.05, 4.69) is 8.83 Å². The molecule has 0 amide bonds. The standard InChI is InChI=1S/C16H21NO10/c1-9-12(26-15(19)24-9)6-22-8-21-5-11(17)3-4-14(18)23-7-13-10(2)25-16(20)27-13/h11H,3-8,17H2,1-2H3/t11-/m0/s1. The maximum Gasteiger partial charge on any atom is 0.519 e. The summed E-state index contributed by atoms with van der Waals surface area (Å²) in [7, 11) is 0. The van der Waals surface area contributed by atoms with Crippen LogP contribution in [0.15, 0.2) is 27.3 Å². The van der Waals surface area contributed by atoms with Crippen molar-refractivity contribution in [3.05, 3.63) is 44.3 Å². The van der Waals surface area contributed by atoms with Gasteiger partial charge in [0.1, 0.15) is 19.2 Å². The number of hydrogen-bond donors (Lipinski definition) is 1. The van der Waals surface area contributed by atoms with Gasteiger partial charge in [-0.1, -0.05) is 0 Å². The van der Waals surface area contributed by atoms with Crippen LogP contribution in [0.25, 0.3) is 0 Å². The van der Waals surface area contributed by atoms with Gasteiger partial charge in [0.15, 0.2) is 23.9 Å². The molecule has 0 radical (unpaired) electrons. The number of esters is 1. The largest absolute Gasteiger partial charge is 0.519 e. The Bertz CT molecular complexity index is 842. The molecule has 0 aliphatic rings. The molecule has 1 atom stereocenters. The number of carbonyl (C=O) groups is 1. The first-order valence-corrected chi connectivity index (χ1v) is 8.10. The molecule has 0 saturated carbocycles. The monoisotopic (exact) mass is 387 g/mol. The molecule has 0 aromatic carbocycles. The van der Waals surface area contributed by atoms with Crippen LogP contribution in [0.1, 0.15) is 35.9 Å². The summed E-state index contributed by atoms with van der Waals surface area (Å²) in [5.74, 6) is -1.05. The fraction of sp³-hybridized carbons (Fsp3) is 0.562. The van der Waals surface area contributed by atoms with E-state index in [1.807, 2.05) is 0 Å². The predicted octanol–water partition coefficient (Wildman–Crippen LogP) is 0.737. The van der Waals surface area contributed by atoms with Crippen molar-refractivity contribution in [3.63, 3.8) is 0 Å². The van der Waals surface area contributed by atoms with Crippen LogP contribution in [0, 0.1) is 13.8 Å². The predicted molar refractivity (Wildman–Crippen MR) is 86.6 cm³/mol. The first-order chi connectivity index (χ1) is 12.8. The molecule has 0 fully saturated rings. The van der Waals surface area contributed by atoms with E-state index in [1.165, 1.54) is 6.92 Å². The summed E-state index contributed by atoms with van der Waals surface area (Å²) in [6.07, 6.45) is 0.411. The Hall–Kier alpha value is -2.63. The van der Waals surface area contributed by atoms with Crippen LogP contribution in [0.4, 0.5) is 0 Å². The van der Waals surface area contributed by atoms with Crippen molar-refractivity contribution in [3.8, 4) is 0 Å². The molecule has 27 heavy (non-hydrogen) atoms. The second-order valence-corrected chi connectivity index (χ2v) is 5.66. The Morgan fingerprint density at radius 1 is 0.963 bits per heavy atom. The molecule has 0 aliphatic carbocycles. The molecule has 0 saturated heterocycles. The minimum Gasteiger partial charge on any atom is -0.457 e. The van der Waals surface area contributed by atoms with Crippen LogP contribution in [0.3, 0.4) is 0 Å². The van der Waals surface area contributed by atoms with Gasteiger partial charge in [0.2, 0.25) is 0 Å². The molecule has 2 N–H and O–H groups in total. The van der Waals surface area contributed by atoms with Gasteiger partial charge in [-0.25, -0.2) is 9.59 Å². The van der Waals surface area contributed by atoms with Crippen molar-refractivity contribution in [2.75, 3.05) is 13.4 Å². The Labute approximate surface area is 153 Å². The maximum absolute atomic E-state index is 11.7. The fourth-order valence-corrected chi connectivity index (χ4v) is 2.01. The van der Waals surface area contributed by atoms with Crippen molar-refractivity contribution in [1.82, 2.24) is 0 Å². The van der Waals surface area contributed by atoms with E-state index < -0.39 is 23.7 Å². The lowest BCUT2D eigenvalue weighted by molar-refractivity contribution is -0.145. The van der Waals surface area contributed by atoms with Crippen LogP contribution in [-0.4, -0.2) is 25.4 Å². The zero-order valence-electron chi connectivity index (χ0n) is 15.0. The van der Waals surface area contributed by atoms with E-state index in [4.69, 9.17) is 28.8 Å². The lowest BCUT2D eigenvalue weighted by Crippen LogP contribution is -2.27. The summed E-state index contributed by atoms with van der Waals surface area (Å²) >= 11 is 0. The molecule has 0 bridgehead atoms. The van der Waals surface area contributed by atoms with Gasteiger partial charge in [-0.3, -0.25) is 4.79 Å². The summed E-state index contributed by atoms with van der Waals surface area (Å²) in [5.41, 5.74) is 5.84. The van der Waals surface area contributed by atoms with Crippen molar-refractivity contribution in [2.24, 2.45) is 5.73 Å². The van der Waals surface area contributed by atoms with E-state index in [1.54, 1.807) is 6.92 Å². The van der Waals surface area contributed by atoms with Crippen molar-refractivity contribution in [1.29, 1.82) is 0 Å². The molecule has 2 heterocycles. The lowest BCUT2D eigenvalue weighted by Gasteiger charge is -2.11. The zero-order chi connectivity index (χ0) is 19.8. The van der Waals surface area contributed by atoms with Gasteiger partial charge < -0.3 is 37.6 Å². The maximum atomic E-state index is 11.7. The first-order valence-electron chi connectivity index (χ1n) is 8.10. The third-order valence-corrected chi connectivity index (χ3v) is 3.49. The van der Waals surface area contributed by atoms with E-state index in [-0.39, 0.29) is 44.6 Å². The van der Waals surface area contributed by atoms with Crippen LogP contribution in [0.5, 0.6) is 0 Å². The molecule has 2 aromatic heterocycles. The third kappa shape index (κ3) is 6.89. The Balaban J connectivity index is 1.55. The van der Waals surface area contributed by atoms with Crippen LogP contribution in [-0.2, 0) is 32.2 Å². The number of nitrogens with two attached hydrogens (primary N) is 1. The highest BCUT2D eigenvalue weighted by Crippen LogP contribution is 2.08. The number of hydrogen-bond acceptors (Lipinski definition) is 11. The number of aryl methyl sites for hydroxylation is 2. The minimum atomic E-state index is -0.843. The van der Waals surface area contributed by atoms with Gasteiger partial charge in [0.05, 0.1) is 6.61 Å². The minimum absolute atomic E-state index is 0.0304. The zero-order valence-corrected chi connectivity index (χ0v) is 15.0. The summed E-state index contributed by atoms with van der Waals surface area (Å²) < 4.78 is 34.2. The molecule has 0 aliphatic heterocycles. The van der Waals surface area contributed by atoms with Gasteiger partial charge >= 0.3 is 17.6 Å². The average Bonchev–Trinajstić information content (AvgIpc) is 3.10. The van der Waals surface area contributed by atoms with E-state index in [0.29, 0.717) is 17.9 Å². The molecule has 11 heteroatoms. The highest BCUT2D eigenvalue weighted by atomic mass is 16.7. The first kappa shape index (κ1) is 20.7. The lowest BCUT2D eigenvalue weighted by atomic mass is 10.2. The molecule has 2 aromatic rings. The van der Waals surface area contributed by atoms with Crippen molar-refractivity contribution in [2.45, 2.75) is 45.9 Å². The Morgan fingerprint density at radius 3 is 2.11 bits per heavy atom. The van der Waals surface area contributed by atoms with Crippen molar-refractivity contribution >= 4 is 5.97 Å². The Morgan fingerprint density at radius 2 is 1.56 bits per heavy atom. The van der Waals surface area contributed by atoms with Crippen LogP contribution in [0.2, 0.25) is 0 Å². The highest BCUT2D eigenvalue weighted by Gasteiger charge is 2.13. The third-order valence-electron chi connectivity index (χ3n) is 3.49. The SMILES string of the molecule is Cc1oc(=O)oc1COCOC[C@@H](N)CCC(=O)OCc1oc(=O)oc1C. The van der Waals surface area contributed by atoms with E-state index in [0.717, 1.165) is 0 Å². The van der Waals surface area contributed by atoms with Gasteiger partial charge in [-0.2, -0.15) is 0 Å². The highest BCUT2D eigenvalue weighted by molar-refractivity contribution is 5.69. The molecule has 0 spiro atoms. The molecule has 2 rings (SSSR count). The van der Waals surface area contributed by atoms with E-state index in [9.17, 15) is 14.4 Å². The summed E-state index contributed by atoms with van der Waals surface area (Å²) in [5, 5.41) is 0. The second kappa shape index (κ2) is 9.90. The average molecular weight is 387 g/mol. The summed E-state index contributed by atoms with van der Waals surface area (Å²) in [6, 6.07) is -0.400. The van der Waals surface area contributed by atoms with Crippen molar-refractivity contribution < 1.29 is 36.7 Å². The topological polar surface area (TPSA) is 157 Å². The van der Waals surface area contributed by atoms with Gasteiger partial charge in [0, 0.05) is 12.5 Å². The Kier molecular flexibility index (Phi) is 7.58.